The van der Waals surface area contributed by atoms with Gasteiger partial charge in [-0.25, -0.2) is 4.79 Å². The van der Waals surface area contributed by atoms with Crippen LogP contribution in [0.1, 0.15) is 20.3 Å². The molecule has 1 N–H and O–H groups in total. The standard InChI is InChI=1S/C17H27N3O2/c1-14-12-19(13-15(2)20(14)10-7-11-22-3)17(21)18-16-8-5-4-6-9-16/h4-6,8-9,14-15H,7,10-13H2,1-3H3,(H,18,21). The van der Waals surface area contributed by atoms with Crippen LogP contribution >= 0.6 is 0 Å². The number of piperazine rings is 1. The molecule has 0 radical (unpaired) electrons. The minimum Gasteiger partial charge on any atom is -0.385 e. The number of carbonyl (C=O) groups is 1. The van der Waals surface area contributed by atoms with E-state index in [0.717, 1.165) is 38.3 Å². The average molecular weight is 305 g/mol. The van der Waals surface area contributed by atoms with Crippen LogP contribution in [0.3, 0.4) is 0 Å². The van der Waals surface area contributed by atoms with E-state index in [1.165, 1.54) is 0 Å². The molecule has 1 aliphatic rings. The third kappa shape index (κ3) is 4.45. The van der Waals surface area contributed by atoms with Crippen LogP contribution in [0.25, 0.3) is 0 Å². The van der Waals surface area contributed by atoms with Crippen LogP contribution in [-0.2, 0) is 4.74 Å². The first kappa shape index (κ1) is 16.8. The summed E-state index contributed by atoms with van der Waals surface area (Å²) in [6, 6.07) is 10.3. The van der Waals surface area contributed by atoms with Crippen molar-refractivity contribution < 1.29 is 9.53 Å². The Morgan fingerprint density at radius 1 is 1.23 bits per heavy atom. The van der Waals surface area contributed by atoms with Crippen molar-refractivity contribution in [3.63, 3.8) is 0 Å². The SMILES string of the molecule is COCCCN1C(C)CN(C(=O)Nc2ccccc2)CC1C. The van der Waals surface area contributed by atoms with Gasteiger partial charge in [-0.15, -0.1) is 0 Å². The quantitative estimate of drug-likeness (QED) is 0.851. The van der Waals surface area contributed by atoms with Crippen molar-refractivity contribution in [3.05, 3.63) is 30.3 Å². The molecule has 2 atom stereocenters. The minimum absolute atomic E-state index is 0.0126. The number of rotatable bonds is 5. The number of amides is 2. The third-order valence-electron chi connectivity index (χ3n) is 4.18. The van der Waals surface area contributed by atoms with E-state index in [4.69, 9.17) is 4.74 Å². The topological polar surface area (TPSA) is 44.8 Å². The van der Waals surface area contributed by atoms with Gasteiger partial charge in [-0.3, -0.25) is 4.90 Å². The summed E-state index contributed by atoms with van der Waals surface area (Å²) in [7, 11) is 1.73. The highest BCUT2D eigenvalue weighted by molar-refractivity contribution is 5.89. The van der Waals surface area contributed by atoms with Crippen LogP contribution in [-0.4, -0.2) is 61.3 Å². The molecule has 2 unspecified atom stereocenters. The first-order valence-electron chi connectivity index (χ1n) is 7.97. The molecule has 22 heavy (non-hydrogen) atoms. The van der Waals surface area contributed by atoms with E-state index in [2.05, 4.69) is 24.1 Å². The highest BCUT2D eigenvalue weighted by atomic mass is 16.5. The number of nitrogens with one attached hydrogen (secondary N) is 1. The van der Waals surface area contributed by atoms with Crippen molar-refractivity contribution in [2.45, 2.75) is 32.4 Å². The first-order valence-corrected chi connectivity index (χ1v) is 7.97. The molecule has 1 aromatic rings. The Morgan fingerprint density at radius 2 is 1.86 bits per heavy atom. The van der Waals surface area contributed by atoms with Gasteiger partial charge in [-0.2, -0.15) is 0 Å². The van der Waals surface area contributed by atoms with E-state index in [-0.39, 0.29) is 6.03 Å². The molecule has 0 aliphatic carbocycles. The van der Waals surface area contributed by atoms with Crippen LogP contribution < -0.4 is 5.32 Å². The number of hydrogen-bond donors (Lipinski definition) is 1. The van der Waals surface area contributed by atoms with E-state index in [0.29, 0.717) is 12.1 Å². The Morgan fingerprint density at radius 3 is 2.45 bits per heavy atom. The lowest BCUT2D eigenvalue weighted by Crippen LogP contribution is -2.58. The zero-order valence-electron chi connectivity index (χ0n) is 13.8. The smallest absolute Gasteiger partial charge is 0.321 e. The van der Waals surface area contributed by atoms with E-state index in [1.807, 2.05) is 35.2 Å². The molecule has 1 fully saturated rings. The molecule has 122 valence electrons. The summed E-state index contributed by atoms with van der Waals surface area (Å²) in [5.41, 5.74) is 0.843. The monoisotopic (exact) mass is 305 g/mol. The van der Waals surface area contributed by atoms with Crippen molar-refractivity contribution in [1.82, 2.24) is 9.80 Å². The van der Waals surface area contributed by atoms with Gasteiger partial charge in [0.2, 0.25) is 0 Å². The number of carbonyl (C=O) groups excluding carboxylic acids is 1. The lowest BCUT2D eigenvalue weighted by atomic mass is 10.1. The van der Waals surface area contributed by atoms with Crippen molar-refractivity contribution in [2.24, 2.45) is 0 Å². The Labute approximate surface area is 133 Å². The second kappa shape index (κ2) is 8.15. The summed E-state index contributed by atoms with van der Waals surface area (Å²) in [5.74, 6) is 0. The Kier molecular flexibility index (Phi) is 6.21. The minimum atomic E-state index is -0.0126. The predicted molar refractivity (Wildman–Crippen MR) is 89.2 cm³/mol. The number of para-hydroxylation sites is 1. The van der Waals surface area contributed by atoms with Gasteiger partial charge in [0, 0.05) is 51.1 Å². The van der Waals surface area contributed by atoms with Gasteiger partial charge < -0.3 is 15.0 Å². The summed E-state index contributed by atoms with van der Waals surface area (Å²) in [6.07, 6.45) is 1.03. The molecular formula is C17H27N3O2. The number of urea groups is 1. The molecule has 0 aromatic heterocycles. The summed E-state index contributed by atoms with van der Waals surface area (Å²) in [5, 5.41) is 2.97. The van der Waals surface area contributed by atoms with Gasteiger partial charge in [0.15, 0.2) is 0 Å². The van der Waals surface area contributed by atoms with Crippen molar-refractivity contribution in [1.29, 1.82) is 0 Å². The number of ether oxygens (including phenoxy) is 1. The third-order valence-corrected chi connectivity index (χ3v) is 4.18. The number of methoxy groups -OCH3 is 1. The largest absolute Gasteiger partial charge is 0.385 e. The molecule has 0 spiro atoms. The highest BCUT2D eigenvalue weighted by Crippen LogP contribution is 2.17. The molecule has 5 nitrogen and oxygen atoms in total. The van der Waals surface area contributed by atoms with E-state index < -0.39 is 0 Å². The fourth-order valence-corrected chi connectivity index (χ4v) is 3.08. The van der Waals surface area contributed by atoms with Gasteiger partial charge in [0.25, 0.3) is 0 Å². The number of hydrogen-bond acceptors (Lipinski definition) is 3. The lowest BCUT2D eigenvalue weighted by molar-refractivity contribution is 0.0511. The van der Waals surface area contributed by atoms with Crippen LogP contribution in [0, 0.1) is 0 Å². The van der Waals surface area contributed by atoms with Gasteiger partial charge in [-0.05, 0) is 32.4 Å². The zero-order chi connectivity index (χ0) is 15.9. The predicted octanol–water partition coefficient (Wildman–Crippen LogP) is 2.65. The van der Waals surface area contributed by atoms with Gasteiger partial charge in [0.1, 0.15) is 0 Å². The lowest BCUT2D eigenvalue weighted by Gasteiger charge is -2.44. The molecule has 1 aromatic carbocycles. The van der Waals surface area contributed by atoms with Gasteiger partial charge in [-0.1, -0.05) is 18.2 Å². The van der Waals surface area contributed by atoms with Gasteiger partial charge in [0.05, 0.1) is 0 Å². The summed E-state index contributed by atoms with van der Waals surface area (Å²) in [6.45, 7) is 7.70. The molecule has 5 heteroatoms. The maximum atomic E-state index is 12.4. The number of nitrogens with zero attached hydrogens (tertiary/aromatic N) is 2. The Balaban J connectivity index is 1.88. The molecule has 2 amide bonds. The molecule has 0 saturated carbocycles. The van der Waals surface area contributed by atoms with Crippen molar-refractivity contribution >= 4 is 11.7 Å². The summed E-state index contributed by atoms with van der Waals surface area (Å²) < 4.78 is 5.13. The second-order valence-corrected chi connectivity index (χ2v) is 5.98. The molecule has 1 heterocycles. The van der Waals surface area contributed by atoms with E-state index >= 15 is 0 Å². The molecule has 2 rings (SSSR count). The van der Waals surface area contributed by atoms with E-state index in [9.17, 15) is 4.79 Å². The summed E-state index contributed by atoms with van der Waals surface area (Å²) in [4.78, 5) is 16.8. The molecule has 0 bridgehead atoms. The maximum absolute atomic E-state index is 12.4. The fraction of sp³-hybridized carbons (Fsp3) is 0.588. The van der Waals surface area contributed by atoms with Crippen molar-refractivity contribution in [2.75, 3.05) is 38.7 Å². The van der Waals surface area contributed by atoms with Crippen LogP contribution in [0.15, 0.2) is 30.3 Å². The summed E-state index contributed by atoms with van der Waals surface area (Å²) >= 11 is 0. The molecule has 1 aliphatic heterocycles. The van der Waals surface area contributed by atoms with E-state index in [1.54, 1.807) is 7.11 Å². The Bertz CT molecular complexity index is 454. The molecule has 1 saturated heterocycles. The fourth-order valence-electron chi connectivity index (χ4n) is 3.08. The zero-order valence-corrected chi connectivity index (χ0v) is 13.8. The average Bonchev–Trinajstić information content (AvgIpc) is 2.51. The maximum Gasteiger partial charge on any atom is 0.321 e. The number of anilines is 1. The highest BCUT2D eigenvalue weighted by Gasteiger charge is 2.31. The van der Waals surface area contributed by atoms with Crippen molar-refractivity contribution in [3.8, 4) is 0 Å². The van der Waals surface area contributed by atoms with Gasteiger partial charge >= 0.3 is 6.03 Å². The molecular weight excluding hydrogens is 278 g/mol. The van der Waals surface area contributed by atoms with Crippen LogP contribution in [0.2, 0.25) is 0 Å². The first-order chi connectivity index (χ1) is 10.6. The normalized spacial score (nSPS) is 22.6. The second-order valence-electron chi connectivity index (χ2n) is 5.98. The van der Waals surface area contributed by atoms with Crippen LogP contribution in [0.4, 0.5) is 10.5 Å². The number of benzene rings is 1. The van der Waals surface area contributed by atoms with Crippen LogP contribution in [0.5, 0.6) is 0 Å². The Hall–Kier alpha value is -1.59.